The van der Waals surface area contributed by atoms with Crippen molar-refractivity contribution in [1.29, 1.82) is 0 Å². The molecule has 0 bridgehead atoms. The standard InChI is InChI=1S/C21H18F3N5O2/c22-21(23,24)17-12-18(28-20(27-17)14-6-9-25-10-7-14)26-8-3-11-29-15-4-1-2-5-16(15)31-13-19(29)30/h1-2,4-7,9-10,12H,3,8,11,13H2,(H,26,27,28). The lowest BCUT2D eigenvalue weighted by Gasteiger charge is -2.29. The van der Waals surface area contributed by atoms with Gasteiger partial charge in [0.25, 0.3) is 5.91 Å². The van der Waals surface area contributed by atoms with E-state index in [1.807, 2.05) is 12.1 Å². The zero-order valence-electron chi connectivity index (χ0n) is 16.3. The lowest BCUT2D eigenvalue weighted by Crippen LogP contribution is -2.39. The maximum absolute atomic E-state index is 13.3. The number of alkyl halides is 3. The summed E-state index contributed by atoms with van der Waals surface area (Å²) >= 11 is 0. The Hall–Kier alpha value is -3.69. The number of ether oxygens (including phenoxy) is 1. The summed E-state index contributed by atoms with van der Waals surface area (Å²) in [5, 5.41) is 2.91. The third-order valence-corrected chi connectivity index (χ3v) is 4.63. The number of para-hydroxylation sites is 2. The lowest BCUT2D eigenvalue weighted by atomic mass is 10.2. The maximum atomic E-state index is 13.3. The van der Waals surface area contributed by atoms with E-state index in [9.17, 15) is 18.0 Å². The van der Waals surface area contributed by atoms with Crippen molar-refractivity contribution in [2.75, 3.05) is 29.9 Å². The van der Waals surface area contributed by atoms with E-state index in [1.165, 1.54) is 12.4 Å². The Labute approximate surface area is 175 Å². The number of hydrogen-bond acceptors (Lipinski definition) is 6. The Bertz CT molecular complexity index is 1080. The minimum Gasteiger partial charge on any atom is -0.482 e. The number of fused-ring (bicyclic) bond motifs is 1. The first-order valence-corrected chi connectivity index (χ1v) is 9.54. The first-order chi connectivity index (χ1) is 14.9. The fourth-order valence-corrected chi connectivity index (χ4v) is 3.17. The maximum Gasteiger partial charge on any atom is 0.433 e. The van der Waals surface area contributed by atoms with Gasteiger partial charge in [0.15, 0.2) is 18.1 Å². The van der Waals surface area contributed by atoms with E-state index in [0.29, 0.717) is 36.5 Å². The monoisotopic (exact) mass is 429 g/mol. The smallest absolute Gasteiger partial charge is 0.433 e. The number of pyridine rings is 1. The van der Waals surface area contributed by atoms with E-state index in [-0.39, 0.29) is 24.2 Å². The number of nitrogens with one attached hydrogen (secondary N) is 1. The zero-order chi connectivity index (χ0) is 21.8. The minimum absolute atomic E-state index is 0.0411. The van der Waals surface area contributed by atoms with Crippen LogP contribution in [0, 0.1) is 0 Å². The second-order valence-corrected chi connectivity index (χ2v) is 6.78. The Morgan fingerprint density at radius 3 is 2.65 bits per heavy atom. The summed E-state index contributed by atoms with van der Waals surface area (Å²) in [5.74, 6) is 0.475. The van der Waals surface area contributed by atoms with E-state index in [0.717, 1.165) is 6.07 Å². The molecule has 1 N–H and O–H groups in total. The van der Waals surface area contributed by atoms with Crippen molar-refractivity contribution in [2.45, 2.75) is 12.6 Å². The Kier molecular flexibility index (Phi) is 5.70. The van der Waals surface area contributed by atoms with E-state index in [1.54, 1.807) is 29.2 Å². The highest BCUT2D eigenvalue weighted by Gasteiger charge is 2.34. The van der Waals surface area contributed by atoms with Crippen LogP contribution in [0.4, 0.5) is 24.7 Å². The largest absolute Gasteiger partial charge is 0.482 e. The average Bonchev–Trinajstić information content (AvgIpc) is 2.77. The number of carbonyl (C=O) groups excluding carboxylic acids is 1. The predicted octanol–water partition coefficient (Wildman–Crippen LogP) is 3.79. The number of rotatable bonds is 6. The number of aromatic nitrogens is 3. The number of hydrogen-bond donors (Lipinski definition) is 1. The zero-order valence-corrected chi connectivity index (χ0v) is 16.3. The molecule has 2 aromatic heterocycles. The molecule has 0 spiro atoms. The number of halogens is 3. The summed E-state index contributed by atoms with van der Waals surface area (Å²) in [6.45, 7) is 0.665. The molecule has 1 aliphatic rings. The number of benzene rings is 1. The van der Waals surface area contributed by atoms with Gasteiger partial charge in [0.2, 0.25) is 0 Å². The SMILES string of the molecule is O=C1COc2ccccc2N1CCCNc1cc(C(F)(F)F)nc(-c2ccncc2)n1. The van der Waals surface area contributed by atoms with E-state index >= 15 is 0 Å². The molecule has 31 heavy (non-hydrogen) atoms. The lowest BCUT2D eigenvalue weighted by molar-refractivity contribution is -0.141. The van der Waals surface area contributed by atoms with Crippen LogP contribution in [0.15, 0.2) is 54.9 Å². The van der Waals surface area contributed by atoms with Crippen LogP contribution < -0.4 is 15.0 Å². The number of carbonyl (C=O) groups is 1. The number of amides is 1. The van der Waals surface area contributed by atoms with Gasteiger partial charge in [-0.3, -0.25) is 9.78 Å². The highest BCUT2D eigenvalue weighted by molar-refractivity contribution is 5.97. The van der Waals surface area contributed by atoms with Gasteiger partial charge in [0, 0.05) is 37.1 Å². The highest BCUT2D eigenvalue weighted by atomic mass is 19.4. The molecular formula is C21H18F3N5O2. The molecule has 0 fully saturated rings. The molecule has 0 radical (unpaired) electrons. The summed E-state index contributed by atoms with van der Waals surface area (Å²) in [4.78, 5) is 25.5. The molecule has 0 saturated carbocycles. The van der Waals surface area contributed by atoms with Crippen molar-refractivity contribution in [2.24, 2.45) is 0 Å². The minimum atomic E-state index is -4.61. The van der Waals surface area contributed by atoms with Gasteiger partial charge in [0.1, 0.15) is 11.6 Å². The van der Waals surface area contributed by atoms with E-state index in [2.05, 4.69) is 20.3 Å². The second-order valence-electron chi connectivity index (χ2n) is 6.78. The summed E-state index contributed by atoms with van der Waals surface area (Å²) in [7, 11) is 0. The molecule has 4 rings (SSSR count). The summed E-state index contributed by atoms with van der Waals surface area (Å²) in [6, 6.07) is 11.2. The molecule has 0 atom stereocenters. The van der Waals surface area contributed by atoms with Crippen LogP contribution in [0.3, 0.4) is 0 Å². The molecular weight excluding hydrogens is 411 g/mol. The van der Waals surface area contributed by atoms with Gasteiger partial charge in [-0.05, 0) is 30.7 Å². The van der Waals surface area contributed by atoms with Gasteiger partial charge in [-0.15, -0.1) is 0 Å². The Balaban J connectivity index is 1.46. The van der Waals surface area contributed by atoms with Gasteiger partial charge in [-0.25, -0.2) is 9.97 Å². The Morgan fingerprint density at radius 2 is 1.87 bits per heavy atom. The van der Waals surface area contributed by atoms with Crippen LogP contribution in [0.1, 0.15) is 12.1 Å². The van der Waals surface area contributed by atoms with Crippen LogP contribution in [-0.2, 0) is 11.0 Å². The van der Waals surface area contributed by atoms with Gasteiger partial charge in [-0.1, -0.05) is 12.1 Å². The Morgan fingerprint density at radius 1 is 1.10 bits per heavy atom. The fourth-order valence-electron chi connectivity index (χ4n) is 3.17. The average molecular weight is 429 g/mol. The van der Waals surface area contributed by atoms with Crippen molar-refractivity contribution >= 4 is 17.4 Å². The molecule has 0 saturated heterocycles. The van der Waals surface area contributed by atoms with E-state index in [4.69, 9.17) is 4.74 Å². The first kappa shape index (κ1) is 20.6. The third-order valence-electron chi connectivity index (χ3n) is 4.63. The van der Waals surface area contributed by atoms with Gasteiger partial charge in [-0.2, -0.15) is 13.2 Å². The van der Waals surface area contributed by atoms with Crippen molar-refractivity contribution in [3.05, 3.63) is 60.6 Å². The third kappa shape index (κ3) is 4.73. The molecule has 160 valence electrons. The molecule has 3 aromatic rings. The molecule has 1 aliphatic heterocycles. The van der Waals surface area contributed by atoms with Crippen molar-refractivity contribution in [1.82, 2.24) is 15.0 Å². The van der Waals surface area contributed by atoms with Crippen molar-refractivity contribution in [3.63, 3.8) is 0 Å². The van der Waals surface area contributed by atoms with Crippen LogP contribution in [0.2, 0.25) is 0 Å². The second kappa shape index (κ2) is 8.58. The molecule has 0 unspecified atom stereocenters. The molecule has 3 heterocycles. The predicted molar refractivity (Wildman–Crippen MR) is 108 cm³/mol. The quantitative estimate of drug-likeness (QED) is 0.601. The molecule has 0 aliphatic carbocycles. The highest BCUT2D eigenvalue weighted by Crippen LogP contribution is 2.32. The number of nitrogens with zero attached hydrogens (tertiary/aromatic N) is 4. The van der Waals surface area contributed by atoms with Crippen LogP contribution in [0.5, 0.6) is 5.75 Å². The van der Waals surface area contributed by atoms with Crippen LogP contribution >= 0.6 is 0 Å². The van der Waals surface area contributed by atoms with Crippen molar-refractivity contribution in [3.8, 4) is 17.1 Å². The normalized spacial score (nSPS) is 13.5. The molecule has 1 amide bonds. The molecule has 10 heteroatoms. The van der Waals surface area contributed by atoms with Gasteiger partial charge in [0.05, 0.1) is 5.69 Å². The topological polar surface area (TPSA) is 80.2 Å². The molecule has 7 nitrogen and oxygen atoms in total. The summed E-state index contributed by atoms with van der Waals surface area (Å²) < 4.78 is 45.3. The summed E-state index contributed by atoms with van der Waals surface area (Å²) in [6.07, 6.45) is -1.19. The summed E-state index contributed by atoms with van der Waals surface area (Å²) in [5.41, 5.74) is 0.0777. The van der Waals surface area contributed by atoms with Crippen molar-refractivity contribution < 1.29 is 22.7 Å². The van der Waals surface area contributed by atoms with Gasteiger partial charge < -0.3 is 15.0 Å². The van der Waals surface area contributed by atoms with Crippen LogP contribution in [0.25, 0.3) is 11.4 Å². The fraction of sp³-hybridized carbons (Fsp3) is 0.238. The molecule has 1 aromatic carbocycles. The first-order valence-electron chi connectivity index (χ1n) is 9.54. The van der Waals surface area contributed by atoms with E-state index < -0.39 is 11.9 Å². The van der Waals surface area contributed by atoms with Crippen LogP contribution in [-0.4, -0.2) is 40.6 Å². The van der Waals surface area contributed by atoms with Gasteiger partial charge >= 0.3 is 6.18 Å². The number of anilines is 2.